The molecule has 1 aromatic carbocycles. The average molecular weight is 196 g/mol. The molecule has 0 unspecified atom stereocenters. The topological polar surface area (TPSA) is 12.0 Å². The molecule has 0 saturated heterocycles. The Hall–Kier alpha value is -0.690. The van der Waals surface area contributed by atoms with Crippen molar-refractivity contribution in [2.45, 2.75) is 31.7 Å². The van der Waals surface area contributed by atoms with Crippen LogP contribution in [-0.4, -0.2) is 5.54 Å². The smallest absolute Gasteiger partial charge is 0.0426 e. The number of rotatable bonds is 2. The van der Waals surface area contributed by atoms with Crippen molar-refractivity contribution < 1.29 is 0 Å². The average Bonchev–Trinajstić information content (AvgIpc) is 2.01. The standard InChI is InChI=1S/C11H14ClN/c1-11(6-3-7-11)13-10-5-2-4-9(12)8-10/h2,4-5,8,13H,3,6-7H2,1H3. The number of anilines is 1. The van der Waals surface area contributed by atoms with Crippen molar-refractivity contribution in [3.05, 3.63) is 29.3 Å². The molecule has 13 heavy (non-hydrogen) atoms. The fourth-order valence-electron chi connectivity index (χ4n) is 1.75. The fourth-order valence-corrected chi connectivity index (χ4v) is 1.94. The molecule has 0 bridgehead atoms. The van der Waals surface area contributed by atoms with Gasteiger partial charge in [-0.2, -0.15) is 0 Å². The second-order valence-electron chi connectivity index (χ2n) is 4.05. The van der Waals surface area contributed by atoms with Crippen LogP contribution < -0.4 is 5.32 Å². The van der Waals surface area contributed by atoms with E-state index in [1.165, 1.54) is 19.3 Å². The minimum Gasteiger partial charge on any atom is -0.380 e. The molecule has 1 nitrogen and oxygen atoms in total. The summed E-state index contributed by atoms with van der Waals surface area (Å²) in [5.74, 6) is 0. The summed E-state index contributed by atoms with van der Waals surface area (Å²) >= 11 is 5.89. The Balaban J connectivity index is 2.09. The maximum Gasteiger partial charge on any atom is 0.0426 e. The van der Waals surface area contributed by atoms with E-state index >= 15 is 0 Å². The monoisotopic (exact) mass is 195 g/mol. The predicted molar refractivity (Wildman–Crippen MR) is 57.3 cm³/mol. The van der Waals surface area contributed by atoms with Crippen molar-refractivity contribution in [2.24, 2.45) is 0 Å². The summed E-state index contributed by atoms with van der Waals surface area (Å²) in [5, 5.41) is 4.31. The van der Waals surface area contributed by atoms with Crippen LogP contribution in [0.1, 0.15) is 26.2 Å². The van der Waals surface area contributed by atoms with Crippen LogP contribution in [0.5, 0.6) is 0 Å². The van der Waals surface area contributed by atoms with Crippen LogP contribution in [0, 0.1) is 0 Å². The van der Waals surface area contributed by atoms with E-state index in [-0.39, 0.29) is 0 Å². The highest BCUT2D eigenvalue weighted by Crippen LogP contribution is 2.34. The third-order valence-electron chi connectivity index (χ3n) is 2.73. The minimum absolute atomic E-state index is 0.310. The zero-order valence-electron chi connectivity index (χ0n) is 7.81. The lowest BCUT2D eigenvalue weighted by molar-refractivity contribution is 0.306. The number of benzene rings is 1. The van der Waals surface area contributed by atoms with Crippen molar-refractivity contribution in [3.8, 4) is 0 Å². The van der Waals surface area contributed by atoms with E-state index in [0.29, 0.717) is 5.54 Å². The molecule has 0 amide bonds. The van der Waals surface area contributed by atoms with Crippen molar-refractivity contribution in [1.29, 1.82) is 0 Å². The van der Waals surface area contributed by atoms with Gasteiger partial charge < -0.3 is 5.32 Å². The highest BCUT2D eigenvalue weighted by Gasteiger charge is 2.31. The van der Waals surface area contributed by atoms with Crippen molar-refractivity contribution in [1.82, 2.24) is 0 Å². The SMILES string of the molecule is CC1(Nc2cccc(Cl)c2)CCC1. The van der Waals surface area contributed by atoms with Crippen molar-refractivity contribution in [2.75, 3.05) is 5.32 Å². The highest BCUT2D eigenvalue weighted by atomic mass is 35.5. The number of hydrogen-bond donors (Lipinski definition) is 1. The predicted octanol–water partition coefficient (Wildman–Crippen LogP) is 3.69. The first-order chi connectivity index (χ1) is 6.18. The maximum atomic E-state index is 5.89. The van der Waals surface area contributed by atoms with E-state index in [9.17, 15) is 0 Å². The summed E-state index contributed by atoms with van der Waals surface area (Å²) < 4.78 is 0. The van der Waals surface area contributed by atoms with Crippen molar-refractivity contribution in [3.63, 3.8) is 0 Å². The minimum atomic E-state index is 0.310. The molecule has 1 aromatic rings. The van der Waals surface area contributed by atoms with Gasteiger partial charge in [0, 0.05) is 16.2 Å². The van der Waals surface area contributed by atoms with E-state index in [1.807, 2.05) is 18.2 Å². The Morgan fingerprint density at radius 1 is 1.38 bits per heavy atom. The van der Waals surface area contributed by atoms with Crippen LogP contribution in [0.4, 0.5) is 5.69 Å². The molecule has 2 heteroatoms. The lowest BCUT2D eigenvalue weighted by Gasteiger charge is -2.40. The first-order valence-corrected chi connectivity index (χ1v) is 5.10. The summed E-state index contributed by atoms with van der Waals surface area (Å²) in [7, 11) is 0. The van der Waals surface area contributed by atoms with Crippen LogP contribution in [0.3, 0.4) is 0 Å². The largest absolute Gasteiger partial charge is 0.380 e. The molecule has 2 rings (SSSR count). The lowest BCUT2D eigenvalue weighted by atomic mass is 9.78. The molecule has 1 N–H and O–H groups in total. The number of hydrogen-bond acceptors (Lipinski definition) is 1. The molecular weight excluding hydrogens is 182 g/mol. The normalized spacial score (nSPS) is 19.2. The Labute approximate surface area is 84.1 Å². The van der Waals surface area contributed by atoms with E-state index in [4.69, 9.17) is 11.6 Å². The van der Waals surface area contributed by atoms with Crippen LogP contribution in [-0.2, 0) is 0 Å². The molecule has 0 heterocycles. The molecule has 0 radical (unpaired) electrons. The van der Waals surface area contributed by atoms with Gasteiger partial charge in [0.05, 0.1) is 0 Å². The quantitative estimate of drug-likeness (QED) is 0.759. The van der Waals surface area contributed by atoms with Gasteiger partial charge in [-0.25, -0.2) is 0 Å². The first-order valence-electron chi connectivity index (χ1n) is 4.72. The van der Waals surface area contributed by atoms with Gasteiger partial charge >= 0.3 is 0 Å². The van der Waals surface area contributed by atoms with Gasteiger partial charge in [-0.15, -0.1) is 0 Å². The Morgan fingerprint density at radius 2 is 2.15 bits per heavy atom. The summed E-state index contributed by atoms with van der Waals surface area (Å²) in [6.07, 6.45) is 3.86. The molecule has 0 spiro atoms. The Bertz CT molecular complexity index is 305. The molecule has 1 saturated carbocycles. The summed E-state index contributed by atoms with van der Waals surface area (Å²) in [6, 6.07) is 7.92. The van der Waals surface area contributed by atoms with Gasteiger partial charge in [0.15, 0.2) is 0 Å². The molecule has 1 aliphatic rings. The summed E-state index contributed by atoms with van der Waals surface area (Å²) in [4.78, 5) is 0. The van der Waals surface area contributed by atoms with E-state index < -0.39 is 0 Å². The third-order valence-corrected chi connectivity index (χ3v) is 2.96. The molecule has 1 fully saturated rings. The van der Waals surface area contributed by atoms with E-state index in [0.717, 1.165) is 10.7 Å². The zero-order chi connectivity index (χ0) is 9.31. The Morgan fingerprint density at radius 3 is 2.69 bits per heavy atom. The van der Waals surface area contributed by atoms with Gasteiger partial charge in [0.2, 0.25) is 0 Å². The zero-order valence-corrected chi connectivity index (χ0v) is 8.56. The fraction of sp³-hybridized carbons (Fsp3) is 0.455. The van der Waals surface area contributed by atoms with Gasteiger partial charge in [0.1, 0.15) is 0 Å². The molecular formula is C11H14ClN. The van der Waals surface area contributed by atoms with Crippen LogP contribution in [0.2, 0.25) is 5.02 Å². The van der Waals surface area contributed by atoms with Crippen LogP contribution >= 0.6 is 11.6 Å². The summed E-state index contributed by atoms with van der Waals surface area (Å²) in [6.45, 7) is 2.26. The second kappa shape index (κ2) is 3.22. The van der Waals surface area contributed by atoms with Gasteiger partial charge in [-0.3, -0.25) is 0 Å². The third kappa shape index (κ3) is 1.97. The number of halogens is 1. The molecule has 0 aromatic heterocycles. The van der Waals surface area contributed by atoms with Crippen LogP contribution in [0.25, 0.3) is 0 Å². The first kappa shape index (κ1) is 8.89. The molecule has 70 valence electrons. The summed E-state index contributed by atoms with van der Waals surface area (Å²) in [5.41, 5.74) is 1.44. The second-order valence-corrected chi connectivity index (χ2v) is 4.49. The molecule has 0 aliphatic heterocycles. The number of nitrogens with one attached hydrogen (secondary N) is 1. The Kier molecular flexibility index (Phi) is 2.20. The highest BCUT2D eigenvalue weighted by molar-refractivity contribution is 6.30. The van der Waals surface area contributed by atoms with Crippen molar-refractivity contribution >= 4 is 17.3 Å². The molecule has 0 atom stereocenters. The van der Waals surface area contributed by atoms with Gasteiger partial charge in [-0.05, 0) is 44.4 Å². The van der Waals surface area contributed by atoms with E-state index in [2.05, 4.69) is 18.3 Å². The van der Waals surface area contributed by atoms with Gasteiger partial charge in [-0.1, -0.05) is 17.7 Å². The molecule has 1 aliphatic carbocycles. The van der Waals surface area contributed by atoms with Gasteiger partial charge in [0.25, 0.3) is 0 Å². The lowest BCUT2D eigenvalue weighted by Crippen LogP contribution is -2.41. The van der Waals surface area contributed by atoms with E-state index in [1.54, 1.807) is 0 Å². The maximum absolute atomic E-state index is 5.89. The van der Waals surface area contributed by atoms with Crippen LogP contribution in [0.15, 0.2) is 24.3 Å².